The van der Waals surface area contributed by atoms with Gasteiger partial charge < -0.3 is 15.2 Å². The molecule has 2 fully saturated rings. The van der Waals surface area contributed by atoms with Crippen LogP contribution < -0.4 is 5.32 Å². The molecule has 0 aliphatic carbocycles. The van der Waals surface area contributed by atoms with E-state index in [1.807, 2.05) is 31.2 Å². The number of hydrogen-bond acceptors (Lipinski definition) is 5. The van der Waals surface area contributed by atoms with Gasteiger partial charge in [0.15, 0.2) is 0 Å². The highest BCUT2D eigenvalue weighted by Crippen LogP contribution is 2.44. The van der Waals surface area contributed by atoms with Crippen LogP contribution >= 0.6 is 0 Å². The lowest BCUT2D eigenvalue weighted by atomic mass is 9.79. The number of imide groups is 1. The predicted molar refractivity (Wildman–Crippen MR) is 87.1 cm³/mol. The van der Waals surface area contributed by atoms with Crippen LogP contribution in [-0.4, -0.2) is 53.6 Å². The number of carbonyl (C=O) groups is 3. The predicted octanol–water partition coefficient (Wildman–Crippen LogP) is -0.862. The van der Waals surface area contributed by atoms with Crippen LogP contribution in [0.15, 0.2) is 24.3 Å². The number of hydrogen-bond donors (Lipinski definition) is 2. The van der Waals surface area contributed by atoms with Gasteiger partial charge in [-0.25, -0.2) is 4.79 Å². The van der Waals surface area contributed by atoms with Crippen molar-refractivity contribution in [1.29, 1.82) is 0 Å². The lowest BCUT2D eigenvalue weighted by Crippen LogP contribution is -2.99. The van der Waals surface area contributed by atoms with E-state index in [-0.39, 0.29) is 12.5 Å². The molecule has 3 N–H and O–H groups in total. The fourth-order valence-electron chi connectivity index (χ4n) is 4.34. The van der Waals surface area contributed by atoms with E-state index in [1.54, 1.807) is 12.2 Å². The quantitative estimate of drug-likeness (QED) is 0.545. The number of nitrogens with two attached hydrogens (primary N) is 1. The van der Waals surface area contributed by atoms with Crippen LogP contribution in [0.5, 0.6) is 0 Å². The Morgan fingerprint density at radius 3 is 2.56 bits per heavy atom. The Kier molecular flexibility index (Phi) is 4.38. The molecule has 0 spiro atoms. The summed E-state index contributed by atoms with van der Waals surface area (Å²) >= 11 is 0. The second kappa shape index (κ2) is 6.24. The zero-order valence-corrected chi connectivity index (χ0v) is 14.6. The topological polar surface area (TPSA) is 101 Å². The van der Waals surface area contributed by atoms with Gasteiger partial charge in [-0.3, -0.25) is 14.5 Å². The first-order valence-electron chi connectivity index (χ1n) is 8.39. The maximum atomic E-state index is 12.9. The average molecular weight is 347 g/mol. The van der Waals surface area contributed by atoms with Crippen molar-refractivity contribution >= 4 is 17.8 Å². The molecule has 0 saturated carbocycles. The highest BCUT2D eigenvalue weighted by atomic mass is 16.5. The summed E-state index contributed by atoms with van der Waals surface area (Å²) in [5, 5.41) is 11.7. The second-order valence-corrected chi connectivity index (χ2v) is 6.66. The summed E-state index contributed by atoms with van der Waals surface area (Å²) in [4.78, 5) is 39.4. The number of esters is 1. The van der Waals surface area contributed by atoms with Crippen LogP contribution in [0.25, 0.3) is 0 Å². The van der Waals surface area contributed by atoms with Gasteiger partial charge in [0.25, 0.3) is 0 Å². The number of methoxy groups -OCH3 is 1. The van der Waals surface area contributed by atoms with E-state index < -0.39 is 41.9 Å². The van der Waals surface area contributed by atoms with E-state index in [0.717, 1.165) is 11.1 Å². The fraction of sp³-hybridized carbons (Fsp3) is 0.500. The van der Waals surface area contributed by atoms with Gasteiger partial charge in [-0.15, -0.1) is 0 Å². The molecule has 0 bridgehead atoms. The van der Waals surface area contributed by atoms with E-state index in [4.69, 9.17) is 4.74 Å². The van der Waals surface area contributed by atoms with Gasteiger partial charge in [0.1, 0.15) is 24.5 Å². The Morgan fingerprint density at radius 2 is 2.00 bits per heavy atom. The largest absolute Gasteiger partial charge is 0.464 e. The maximum Gasteiger partial charge on any atom is 0.371 e. The summed E-state index contributed by atoms with van der Waals surface area (Å²) < 4.78 is 4.89. The van der Waals surface area contributed by atoms with Crippen molar-refractivity contribution in [3.8, 4) is 0 Å². The number of aliphatic hydroxyl groups is 1. The Balaban J connectivity index is 2.17. The molecule has 25 heavy (non-hydrogen) atoms. The lowest BCUT2D eigenvalue weighted by Gasteiger charge is -2.27. The lowest BCUT2D eigenvalue weighted by molar-refractivity contribution is -0.735. The van der Waals surface area contributed by atoms with E-state index in [1.165, 1.54) is 12.0 Å². The molecule has 2 amide bonds. The van der Waals surface area contributed by atoms with Crippen LogP contribution in [0.4, 0.5) is 0 Å². The number of fused-ring (bicyclic) bond motifs is 1. The van der Waals surface area contributed by atoms with Crippen molar-refractivity contribution < 1.29 is 29.5 Å². The molecule has 1 aromatic rings. The summed E-state index contributed by atoms with van der Waals surface area (Å²) in [6.45, 7) is 3.32. The first-order valence-corrected chi connectivity index (χ1v) is 8.39. The van der Waals surface area contributed by atoms with Crippen molar-refractivity contribution in [1.82, 2.24) is 4.90 Å². The van der Waals surface area contributed by atoms with Gasteiger partial charge in [0.2, 0.25) is 17.4 Å². The van der Waals surface area contributed by atoms with Gasteiger partial charge in [0, 0.05) is 12.1 Å². The number of amides is 2. The summed E-state index contributed by atoms with van der Waals surface area (Å²) in [6, 6.07) is 7.15. The van der Waals surface area contributed by atoms with Gasteiger partial charge in [-0.2, -0.15) is 0 Å². The molecule has 0 radical (unpaired) electrons. The minimum Gasteiger partial charge on any atom is -0.464 e. The highest BCUT2D eigenvalue weighted by Gasteiger charge is 2.72. The van der Waals surface area contributed by atoms with E-state index in [9.17, 15) is 19.5 Å². The number of ether oxygens (including phenoxy) is 1. The standard InChI is InChI=1S/C18H22N2O5/c1-4-20-15(22)12-13(16(20)23)18(9-21,17(24)25-3)19-14(12)11-8-6-5-7-10(11)2/h5-8,12-14,19,21H,4,9H2,1-3H3/p+1/t12-,13-,14+,18+/m0/s1. The molecule has 2 saturated heterocycles. The molecule has 7 nitrogen and oxygen atoms in total. The number of aliphatic hydroxyl groups excluding tert-OH is 1. The van der Waals surface area contributed by atoms with Gasteiger partial charge in [-0.05, 0) is 19.4 Å². The molecular weight excluding hydrogens is 324 g/mol. The fourth-order valence-corrected chi connectivity index (χ4v) is 4.34. The SMILES string of the molecule is CCN1C(=O)[C@@H]2[C@@H](c3ccccc3C)[NH2+][C@@](CO)(C(=O)OC)[C@@H]2C1=O. The Hall–Kier alpha value is -2.25. The summed E-state index contributed by atoms with van der Waals surface area (Å²) in [6.07, 6.45) is 0. The van der Waals surface area contributed by atoms with E-state index in [2.05, 4.69) is 0 Å². The molecule has 0 unspecified atom stereocenters. The van der Waals surface area contributed by atoms with E-state index in [0.29, 0.717) is 0 Å². The van der Waals surface area contributed by atoms with Crippen molar-refractivity contribution in [2.45, 2.75) is 25.4 Å². The number of nitrogens with zero attached hydrogens (tertiary/aromatic N) is 1. The van der Waals surface area contributed by atoms with Crippen LogP contribution in [0, 0.1) is 18.8 Å². The second-order valence-electron chi connectivity index (χ2n) is 6.66. The molecule has 134 valence electrons. The molecule has 2 aliphatic rings. The minimum absolute atomic E-state index is 0.244. The zero-order valence-electron chi connectivity index (χ0n) is 14.6. The zero-order chi connectivity index (χ0) is 18.4. The molecule has 2 heterocycles. The summed E-state index contributed by atoms with van der Waals surface area (Å²) in [7, 11) is 1.22. The van der Waals surface area contributed by atoms with Gasteiger partial charge >= 0.3 is 5.97 Å². The Morgan fingerprint density at radius 1 is 1.32 bits per heavy atom. The molecule has 3 rings (SSSR count). The number of rotatable bonds is 4. The monoisotopic (exact) mass is 347 g/mol. The minimum atomic E-state index is -1.50. The maximum absolute atomic E-state index is 12.9. The number of aryl methyl sites for hydroxylation is 1. The number of quaternary nitrogens is 1. The normalized spacial score (nSPS) is 31.4. The smallest absolute Gasteiger partial charge is 0.371 e. The van der Waals surface area contributed by atoms with Gasteiger partial charge in [-0.1, -0.05) is 24.3 Å². The first kappa shape index (κ1) is 17.6. The molecule has 1 aromatic carbocycles. The van der Waals surface area contributed by atoms with E-state index >= 15 is 0 Å². The van der Waals surface area contributed by atoms with Crippen LogP contribution in [0.2, 0.25) is 0 Å². The molecule has 4 atom stereocenters. The highest BCUT2D eigenvalue weighted by molar-refractivity contribution is 6.08. The molecule has 0 aromatic heterocycles. The molecular formula is C18H23N2O5+. The number of benzene rings is 1. The van der Waals surface area contributed by atoms with Gasteiger partial charge in [0.05, 0.1) is 7.11 Å². The van der Waals surface area contributed by atoms with Crippen LogP contribution in [-0.2, 0) is 19.1 Å². The van der Waals surface area contributed by atoms with Crippen molar-refractivity contribution in [2.24, 2.45) is 11.8 Å². The van der Waals surface area contributed by atoms with Crippen molar-refractivity contribution in [3.05, 3.63) is 35.4 Å². The van der Waals surface area contributed by atoms with Crippen LogP contribution in [0.1, 0.15) is 24.1 Å². The third-order valence-corrected chi connectivity index (χ3v) is 5.55. The number of carbonyl (C=O) groups excluding carboxylic acids is 3. The van der Waals surface area contributed by atoms with Crippen molar-refractivity contribution in [3.63, 3.8) is 0 Å². The third kappa shape index (κ3) is 2.30. The van der Waals surface area contributed by atoms with Crippen LogP contribution in [0.3, 0.4) is 0 Å². The third-order valence-electron chi connectivity index (χ3n) is 5.55. The summed E-state index contributed by atoms with van der Waals surface area (Å²) in [5.41, 5.74) is 0.357. The Labute approximate surface area is 146 Å². The Bertz CT molecular complexity index is 734. The average Bonchev–Trinajstić information content (AvgIpc) is 3.09. The molecule has 2 aliphatic heterocycles. The number of likely N-dealkylation sites (tertiary alicyclic amines) is 1. The summed E-state index contributed by atoms with van der Waals surface area (Å²) in [5.74, 6) is -3.01. The first-order chi connectivity index (χ1) is 11.9. The van der Waals surface area contributed by atoms with Crippen molar-refractivity contribution in [2.75, 3.05) is 20.3 Å². The molecule has 7 heteroatoms.